The van der Waals surface area contributed by atoms with E-state index in [1.54, 1.807) is 0 Å². The monoisotopic (exact) mass is 259 g/mol. The summed E-state index contributed by atoms with van der Waals surface area (Å²) in [6.07, 6.45) is 3.68. The van der Waals surface area contributed by atoms with Gasteiger partial charge in [-0.1, -0.05) is 12.1 Å². The number of likely N-dealkylation sites (N-methyl/N-ethyl adjacent to an activating group) is 1. The Kier molecular flexibility index (Phi) is 4.04. The summed E-state index contributed by atoms with van der Waals surface area (Å²) in [6.45, 7) is 7.29. The minimum Gasteiger partial charge on any atom is -0.384 e. The first kappa shape index (κ1) is 12.9. The molecule has 1 N–H and O–H groups in total. The molecule has 0 atom stereocenters. The fraction of sp³-hybridized carbons (Fsp3) is 0.625. The van der Waals surface area contributed by atoms with Crippen LogP contribution in [0.1, 0.15) is 17.5 Å². The van der Waals surface area contributed by atoms with E-state index in [1.807, 2.05) is 0 Å². The van der Waals surface area contributed by atoms with E-state index >= 15 is 0 Å². The Morgan fingerprint density at radius 2 is 2.00 bits per heavy atom. The molecular weight excluding hydrogens is 234 g/mol. The van der Waals surface area contributed by atoms with Gasteiger partial charge in [0.1, 0.15) is 0 Å². The number of piperazine rings is 1. The number of hydrogen-bond donors (Lipinski definition) is 1. The first-order valence-corrected chi connectivity index (χ1v) is 7.58. The van der Waals surface area contributed by atoms with Crippen molar-refractivity contribution in [3.05, 3.63) is 29.3 Å². The Balaban J connectivity index is 1.45. The third-order valence-electron chi connectivity index (χ3n) is 4.42. The SMILES string of the molecule is CN1CCN(CCCc2ccc3c(c2)NCC3)CC1. The van der Waals surface area contributed by atoms with Crippen molar-refractivity contribution in [1.82, 2.24) is 9.80 Å². The topological polar surface area (TPSA) is 18.5 Å². The molecule has 0 radical (unpaired) electrons. The fourth-order valence-corrected chi connectivity index (χ4v) is 3.07. The van der Waals surface area contributed by atoms with E-state index in [2.05, 4.69) is 40.4 Å². The number of fused-ring (bicyclic) bond motifs is 1. The Morgan fingerprint density at radius 1 is 1.16 bits per heavy atom. The van der Waals surface area contributed by atoms with Crippen LogP contribution in [-0.4, -0.2) is 56.1 Å². The second kappa shape index (κ2) is 5.93. The van der Waals surface area contributed by atoms with E-state index in [0.717, 1.165) is 6.54 Å². The number of rotatable bonds is 4. The van der Waals surface area contributed by atoms with E-state index in [9.17, 15) is 0 Å². The van der Waals surface area contributed by atoms with Crippen molar-refractivity contribution < 1.29 is 0 Å². The lowest BCUT2D eigenvalue weighted by Gasteiger charge is -2.32. The third kappa shape index (κ3) is 3.28. The van der Waals surface area contributed by atoms with Crippen LogP contribution < -0.4 is 5.32 Å². The molecule has 104 valence electrons. The Labute approximate surface area is 116 Å². The highest BCUT2D eigenvalue weighted by molar-refractivity contribution is 5.57. The molecule has 19 heavy (non-hydrogen) atoms. The van der Waals surface area contributed by atoms with Crippen LogP contribution in [0.25, 0.3) is 0 Å². The summed E-state index contributed by atoms with van der Waals surface area (Å²) in [5.41, 5.74) is 4.35. The molecule has 1 aromatic rings. The van der Waals surface area contributed by atoms with Crippen LogP contribution in [0.4, 0.5) is 5.69 Å². The van der Waals surface area contributed by atoms with E-state index in [0.29, 0.717) is 0 Å². The fourth-order valence-electron chi connectivity index (χ4n) is 3.07. The van der Waals surface area contributed by atoms with Crippen molar-refractivity contribution in [3.8, 4) is 0 Å². The van der Waals surface area contributed by atoms with Crippen molar-refractivity contribution in [2.75, 3.05) is 51.6 Å². The lowest BCUT2D eigenvalue weighted by Crippen LogP contribution is -2.44. The van der Waals surface area contributed by atoms with Gasteiger partial charge >= 0.3 is 0 Å². The van der Waals surface area contributed by atoms with Gasteiger partial charge in [-0.3, -0.25) is 0 Å². The van der Waals surface area contributed by atoms with Gasteiger partial charge in [0.15, 0.2) is 0 Å². The van der Waals surface area contributed by atoms with Gasteiger partial charge < -0.3 is 15.1 Å². The average molecular weight is 259 g/mol. The molecule has 2 aliphatic rings. The largest absolute Gasteiger partial charge is 0.384 e. The molecule has 0 unspecified atom stereocenters. The molecule has 0 saturated carbocycles. The summed E-state index contributed by atoms with van der Waals surface area (Å²) < 4.78 is 0. The molecule has 0 spiro atoms. The first-order chi connectivity index (χ1) is 9.31. The highest BCUT2D eigenvalue weighted by Gasteiger charge is 2.13. The van der Waals surface area contributed by atoms with Gasteiger partial charge in [0, 0.05) is 38.4 Å². The van der Waals surface area contributed by atoms with Crippen molar-refractivity contribution in [2.24, 2.45) is 0 Å². The average Bonchev–Trinajstić information content (AvgIpc) is 2.88. The standard InChI is InChI=1S/C16H25N3/c1-18-9-11-19(12-10-18)8-2-3-14-4-5-15-6-7-17-16(15)13-14/h4-5,13,17H,2-3,6-12H2,1H3. The van der Waals surface area contributed by atoms with Crippen molar-refractivity contribution in [3.63, 3.8) is 0 Å². The highest BCUT2D eigenvalue weighted by Crippen LogP contribution is 2.23. The van der Waals surface area contributed by atoms with E-state index < -0.39 is 0 Å². The molecule has 0 bridgehead atoms. The van der Waals surface area contributed by atoms with Crippen molar-refractivity contribution in [1.29, 1.82) is 0 Å². The maximum absolute atomic E-state index is 3.47. The molecule has 3 heteroatoms. The van der Waals surface area contributed by atoms with Gasteiger partial charge in [0.25, 0.3) is 0 Å². The predicted molar refractivity (Wildman–Crippen MR) is 80.9 cm³/mol. The normalized spacial score (nSPS) is 20.3. The molecule has 0 aliphatic carbocycles. The summed E-state index contributed by atoms with van der Waals surface area (Å²) in [7, 11) is 2.22. The quantitative estimate of drug-likeness (QED) is 0.890. The lowest BCUT2D eigenvalue weighted by molar-refractivity contribution is 0.153. The number of aryl methyl sites for hydroxylation is 1. The number of anilines is 1. The van der Waals surface area contributed by atoms with Gasteiger partial charge in [-0.2, -0.15) is 0 Å². The first-order valence-electron chi connectivity index (χ1n) is 7.58. The zero-order chi connectivity index (χ0) is 13.1. The maximum Gasteiger partial charge on any atom is 0.0376 e. The molecule has 1 saturated heterocycles. The van der Waals surface area contributed by atoms with Crippen molar-refractivity contribution in [2.45, 2.75) is 19.3 Å². The van der Waals surface area contributed by atoms with Gasteiger partial charge in [-0.25, -0.2) is 0 Å². The maximum atomic E-state index is 3.47. The van der Waals surface area contributed by atoms with Crippen LogP contribution in [0.3, 0.4) is 0 Å². The lowest BCUT2D eigenvalue weighted by atomic mass is 10.1. The summed E-state index contributed by atoms with van der Waals surface area (Å²) in [6, 6.07) is 6.97. The van der Waals surface area contributed by atoms with Gasteiger partial charge in [-0.15, -0.1) is 0 Å². The van der Waals surface area contributed by atoms with E-state index in [4.69, 9.17) is 0 Å². The van der Waals surface area contributed by atoms with Crippen LogP contribution >= 0.6 is 0 Å². The summed E-state index contributed by atoms with van der Waals surface area (Å²) in [5, 5.41) is 3.47. The van der Waals surface area contributed by atoms with Gasteiger partial charge in [-0.05, 0) is 50.0 Å². The number of benzene rings is 1. The molecular formula is C16H25N3. The number of hydrogen-bond acceptors (Lipinski definition) is 3. The zero-order valence-electron chi connectivity index (χ0n) is 12.0. The van der Waals surface area contributed by atoms with E-state index in [1.165, 1.54) is 68.8 Å². The van der Waals surface area contributed by atoms with Crippen molar-refractivity contribution >= 4 is 5.69 Å². The zero-order valence-corrected chi connectivity index (χ0v) is 12.0. The molecule has 3 rings (SSSR count). The molecule has 2 heterocycles. The molecule has 2 aliphatic heterocycles. The summed E-state index contributed by atoms with van der Waals surface area (Å²) in [4.78, 5) is 5.02. The molecule has 1 fully saturated rings. The van der Waals surface area contributed by atoms with Crippen LogP contribution in [0.2, 0.25) is 0 Å². The van der Waals surface area contributed by atoms with Crippen LogP contribution in [-0.2, 0) is 12.8 Å². The van der Waals surface area contributed by atoms with Crippen LogP contribution in [0.5, 0.6) is 0 Å². The molecule has 1 aromatic carbocycles. The third-order valence-corrected chi connectivity index (χ3v) is 4.42. The smallest absolute Gasteiger partial charge is 0.0376 e. The van der Waals surface area contributed by atoms with Crippen LogP contribution in [0.15, 0.2) is 18.2 Å². The predicted octanol–water partition coefficient (Wildman–Crippen LogP) is 1.83. The molecule has 0 aromatic heterocycles. The minimum absolute atomic E-state index is 1.11. The van der Waals surface area contributed by atoms with Gasteiger partial charge in [0.2, 0.25) is 0 Å². The number of nitrogens with zero attached hydrogens (tertiary/aromatic N) is 2. The Hall–Kier alpha value is -1.06. The summed E-state index contributed by atoms with van der Waals surface area (Å²) in [5.74, 6) is 0. The second-order valence-electron chi connectivity index (χ2n) is 5.92. The summed E-state index contributed by atoms with van der Waals surface area (Å²) >= 11 is 0. The van der Waals surface area contributed by atoms with Gasteiger partial charge in [0.05, 0.1) is 0 Å². The molecule has 0 amide bonds. The second-order valence-corrected chi connectivity index (χ2v) is 5.92. The number of nitrogens with one attached hydrogen (secondary N) is 1. The van der Waals surface area contributed by atoms with Crippen LogP contribution in [0, 0.1) is 0 Å². The van der Waals surface area contributed by atoms with E-state index in [-0.39, 0.29) is 0 Å². The minimum atomic E-state index is 1.11. The Bertz CT molecular complexity index is 422. The highest BCUT2D eigenvalue weighted by atomic mass is 15.2. The Morgan fingerprint density at radius 3 is 2.84 bits per heavy atom. The molecule has 3 nitrogen and oxygen atoms in total.